The highest BCUT2D eigenvalue weighted by molar-refractivity contribution is 7.91. The van der Waals surface area contributed by atoms with Crippen LogP contribution in [0.25, 0.3) is 0 Å². The van der Waals surface area contributed by atoms with Crippen LogP contribution in [-0.2, 0) is 25.8 Å². The number of amides is 2. The normalized spacial score (nSPS) is 20.2. The Morgan fingerprint density at radius 2 is 2.00 bits per heavy atom. The van der Waals surface area contributed by atoms with Crippen molar-refractivity contribution in [1.82, 2.24) is 4.90 Å². The summed E-state index contributed by atoms with van der Waals surface area (Å²) in [4.78, 5) is 27.6. The number of sulfone groups is 1. The molecule has 26 heavy (non-hydrogen) atoms. The van der Waals surface area contributed by atoms with E-state index < -0.39 is 9.84 Å². The smallest absolute Gasteiger partial charge is 0.223 e. The van der Waals surface area contributed by atoms with Gasteiger partial charge in [-0.1, -0.05) is 6.92 Å². The Morgan fingerprint density at radius 3 is 2.69 bits per heavy atom. The van der Waals surface area contributed by atoms with E-state index in [1.54, 1.807) is 28.0 Å². The molecule has 142 valence electrons. The minimum atomic E-state index is -3.52. The molecule has 7 heteroatoms. The molecule has 0 spiro atoms. The van der Waals surface area contributed by atoms with Crippen molar-refractivity contribution in [3.05, 3.63) is 23.8 Å². The molecule has 1 saturated heterocycles. The van der Waals surface area contributed by atoms with Crippen molar-refractivity contribution < 1.29 is 18.0 Å². The van der Waals surface area contributed by atoms with Gasteiger partial charge in [0.25, 0.3) is 0 Å². The second-order valence-electron chi connectivity index (χ2n) is 7.37. The molecule has 0 aliphatic carbocycles. The molecule has 0 saturated carbocycles. The van der Waals surface area contributed by atoms with Crippen LogP contribution in [0.15, 0.2) is 23.1 Å². The predicted octanol–water partition coefficient (Wildman–Crippen LogP) is 2.02. The molecule has 1 aromatic carbocycles. The van der Waals surface area contributed by atoms with E-state index in [0.29, 0.717) is 18.9 Å². The van der Waals surface area contributed by atoms with Gasteiger partial charge in [-0.25, -0.2) is 8.42 Å². The second-order valence-corrected chi connectivity index (χ2v) is 9.48. The zero-order valence-corrected chi connectivity index (χ0v) is 16.2. The molecule has 2 heterocycles. The van der Waals surface area contributed by atoms with Crippen LogP contribution in [0.5, 0.6) is 0 Å². The van der Waals surface area contributed by atoms with Gasteiger partial charge < -0.3 is 9.80 Å². The summed E-state index contributed by atoms with van der Waals surface area (Å²) in [5.41, 5.74) is 1.66. The number of rotatable bonds is 4. The highest BCUT2D eigenvalue weighted by Gasteiger charge is 2.26. The Balaban J connectivity index is 1.67. The largest absolute Gasteiger partial charge is 0.342 e. The summed E-state index contributed by atoms with van der Waals surface area (Å²) in [6.45, 7) is 5.65. The van der Waals surface area contributed by atoms with Crippen molar-refractivity contribution >= 4 is 27.3 Å². The third-order valence-electron chi connectivity index (χ3n) is 5.28. The number of hydrogen-bond donors (Lipinski definition) is 0. The summed E-state index contributed by atoms with van der Waals surface area (Å²) in [6, 6.07) is 4.90. The van der Waals surface area contributed by atoms with E-state index in [-0.39, 0.29) is 28.9 Å². The molecule has 2 aliphatic rings. The minimum absolute atomic E-state index is 0.0196. The molecule has 1 atom stereocenters. The van der Waals surface area contributed by atoms with Gasteiger partial charge in [-0.2, -0.15) is 0 Å². The first kappa shape index (κ1) is 18.9. The van der Waals surface area contributed by atoms with Gasteiger partial charge >= 0.3 is 0 Å². The van der Waals surface area contributed by atoms with E-state index in [4.69, 9.17) is 0 Å². The summed E-state index contributed by atoms with van der Waals surface area (Å²) in [7, 11) is -3.52. The SMILES string of the molecule is CC(=O)N1CCc2cc(S(=O)(=O)CCC(=O)N3CCCC(C)C3)ccc21. The highest BCUT2D eigenvalue weighted by Crippen LogP contribution is 2.30. The van der Waals surface area contributed by atoms with Gasteiger partial charge in [0.05, 0.1) is 10.6 Å². The van der Waals surface area contributed by atoms with Gasteiger partial charge in [0.15, 0.2) is 9.84 Å². The van der Waals surface area contributed by atoms with Crippen molar-refractivity contribution in [2.75, 3.05) is 30.3 Å². The van der Waals surface area contributed by atoms with Crippen molar-refractivity contribution in [2.45, 2.75) is 44.4 Å². The lowest BCUT2D eigenvalue weighted by Gasteiger charge is -2.31. The number of likely N-dealkylation sites (tertiary alicyclic amines) is 1. The molecular weight excluding hydrogens is 352 g/mol. The Kier molecular flexibility index (Phi) is 5.37. The van der Waals surface area contributed by atoms with E-state index in [2.05, 4.69) is 6.92 Å². The quantitative estimate of drug-likeness (QED) is 0.803. The van der Waals surface area contributed by atoms with Crippen LogP contribution < -0.4 is 4.90 Å². The van der Waals surface area contributed by atoms with Crippen LogP contribution in [0.1, 0.15) is 38.7 Å². The number of carbonyl (C=O) groups is 2. The highest BCUT2D eigenvalue weighted by atomic mass is 32.2. The van der Waals surface area contributed by atoms with Crippen LogP contribution in [-0.4, -0.2) is 50.5 Å². The number of piperidine rings is 1. The van der Waals surface area contributed by atoms with E-state index in [9.17, 15) is 18.0 Å². The molecule has 0 N–H and O–H groups in total. The maximum absolute atomic E-state index is 12.6. The molecule has 1 unspecified atom stereocenters. The van der Waals surface area contributed by atoms with Crippen LogP contribution in [0.3, 0.4) is 0 Å². The lowest BCUT2D eigenvalue weighted by atomic mass is 10.0. The fourth-order valence-corrected chi connectivity index (χ4v) is 5.09. The van der Waals surface area contributed by atoms with E-state index >= 15 is 0 Å². The number of benzene rings is 1. The average molecular weight is 378 g/mol. The Labute approximate surface area is 155 Å². The first-order valence-electron chi connectivity index (χ1n) is 9.19. The van der Waals surface area contributed by atoms with Gasteiger partial charge in [0.2, 0.25) is 11.8 Å². The summed E-state index contributed by atoms with van der Waals surface area (Å²) >= 11 is 0. The van der Waals surface area contributed by atoms with Crippen molar-refractivity contribution in [3.8, 4) is 0 Å². The first-order valence-corrected chi connectivity index (χ1v) is 10.8. The van der Waals surface area contributed by atoms with Gasteiger partial charge in [-0.3, -0.25) is 9.59 Å². The second kappa shape index (κ2) is 7.39. The maximum atomic E-state index is 12.6. The summed E-state index contributed by atoms with van der Waals surface area (Å²) in [5.74, 6) is 0.182. The van der Waals surface area contributed by atoms with Crippen LogP contribution >= 0.6 is 0 Å². The molecule has 1 aromatic rings. The van der Waals surface area contributed by atoms with Crippen LogP contribution in [0.2, 0.25) is 0 Å². The molecule has 2 aliphatic heterocycles. The summed E-state index contributed by atoms with van der Waals surface area (Å²) in [6.07, 6.45) is 2.78. The molecular formula is C19H26N2O4S. The minimum Gasteiger partial charge on any atom is -0.342 e. The zero-order valence-electron chi connectivity index (χ0n) is 15.4. The summed E-state index contributed by atoms with van der Waals surface area (Å²) < 4.78 is 25.3. The zero-order chi connectivity index (χ0) is 18.9. The molecule has 1 fully saturated rings. The van der Waals surface area contributed by atoms with E-state index in [1.165, 1.54) is 6.92 Å². The fourth-order valence-electron chi connectivity index (χ4n) is 3.81. The van der Waals surface area contributed by atoms with Gasteiger partial charge in [0.1, 0.15) is 0 Å². The molecule has 2 amide bonds. The predicted molar refractivity (Wildman–Crippen MR) is 99.8 cm³/mol. The van der Waals surface area contributed by atoms with Gasteiger partial charge in [-0.15, -0.1) is 0 Å². The number of hydrogen-bond acceptors (Lipinski definition) is 4. The molecule has 0 radical (unpaired) electrons. The van der Waals surface area contributed by atoms with Gasteiger partial charge in [0, 0.05) is 38.7 Å². The Bertz CT molecular complexity index is 819. The topological polar surface area (TPSA) is 74.8 Å². The first-order chi connectivity index (χ1) is 12.3. The van der Waals surface area contributed by atoms with E-state index in [1.807, 2.05) is 0 Å². The Hall–Kier alpha value is -1.89. The maximum Gasteiger partial charge on any atom is 0.223 e. The molecule has 0 aromatic heterocycles. The number of anilines is 1. The summed E-state index contributed by atoms with van der Waals surface area (Å²) in [5, 5.41) is 0. The average Bonchev–Trinajstić information content (AvgIpc) is 3.03. The number of fused-ring (bicyclic) bond motifs is 1. The molecule has 0 bridgehead atoms. The third-order valence-corrected chi connectivity index (χ3v) is 6.99. The molecule has 3 rings (SSSR count). The number of nitrogens with zero attached hydrogens (tertiary/aromatic N) is 2. The van der Waals surface area contributed by atoms with Crippen LogP contribution in [0.4, 0.5) is 5.69 Å². The lowest BCUT2D eigenvalue weighted by Crippen LogP contribution is -2.39. The standard InChI is InChI=1S/C19H26N2O4S/c1-14-4-3-9-20(13-14)19(23)8-11-26(24,25)17-5-6-18-16(12-17)7-10-21(18)15(2)22/h5-6,12,14H,3-4,7-11,13H2,1-2H3. The van der Waals surface area contributed by atoms with Crippen molar-refractivity contribution in [3.63, 3.8) is 0 Å². The fraction of sp³-hybridized carbons (Fsp3) is 0.579. The Morgan fingerprint density at radius 1 is 1.23 bits per heavy atom. The third kappa shape index (κ3) is 3.92. The molecule has 6 nitrogen and oxygen atoms in total. The lowest BCUT2D eigenvalue weighted by molar-refractivity contribution is -0.132. The van der Waals surface area contributed by atoms with Crippen molar-refractivity contribution in [2.24, 2.45) is 5.92 Å². The monoisotopic (exact) mass is 378 g/mol. The van der Waals surface area contributed by atoms with Crippen molar-refractivity contribution in [1.29, 1.82) is 0 Å². The van der Waals surface area contributed by atoms with Crippen LogP contribution in [0, 0.1) is 5.92 Å². The van der Waals surface area contributed by atoms with Gasteiger partial charge in [-0.05, 0) is 48.9 Å². The number of carbonyl (C=O) groups excluding carboxylic acids is 2. The van der Waals surface area contributed by atoms with E-state index in [0.717, 1.165) is 37.2 Å².